The number of halogens is 1. The molecule has 2 bridgehead atoms. The second kappa shape index (κ2) is 10.2. The molecule has 5 aliphatic rings. The molecule has 2 unspecified atom stereocenters. The summed E-state index contributed by atoms with van der Waals surface area (Å²) in [6, 6.07) is 0.635. The summed E-state index contributed by atoms with van der Waals surface area (Å²) in [5.41, 5.74) is 0.691. The van der Waals surface area contributed by atoms with Crippen molar-refractivity contribution in [3.63, 3.8) is 0 Å². The minimum absolute atomic E-state index is 0.0448. The van der Waals surface area contributed by atoms with Gasteiger partial charge in [0.2, 0.25) is 0 Å². The lowest BCUT2D eigenvalue weighted by atomic mass is 9.95. The Morgan fingerprint density at radius 3 is 2.59 bits per heavy atom. The number of nitrogens with zero attached hydrogens (tertiary/aromatic N) is 7. The molecule has 5 fully saturated rings. The minimum atomic E-state index is -0.815. The Balaban J connectivity index is 1.20. The van der Waals surface area contributed by atoms with Crippen molar-refractivity contribution in [1.82, 2.24) is 29.3 Å². The SMILES string of the molecule is CC(C)(C)OC(=O)N1C2CCC1CN(c1nc(OC[C@@]34CCCN3C[C@H](F)C4)nc3ncn(C4CCOCC4)c13)C2. The van der Waals surface area contributed by atoms with Gasteiger partial charge in [0.25, 0.3) is 0 Å². The van der Waals surface area contributed by atoms with E-state index in [0.717, 1.165) is 56.4 Å². The maximum absolute atomic E-state index is 14.4. The van der Waals surface area contributed by atoms with Gasteiger partial charge in [0, 0.05) is 45.3 Å². The third-order valence-corrected chi connectivity index (χ3v) is 9.59. The van der Waals surface area contributed by atoms with Gasteiger partial charge in [0.15, 0.2) is 11.5 Å². The van der Waals surface area contributed by atoms with Crippen LogP contribution >= 0.6 is 0 Å². The number of hydrogen-bond donors (Lipinski definition) is 0. The average Bonchev–Trinajstić information content (AvgIpc) is 3.66. The van der Waals surface area contributed by atoms with E-state index in [4.69, 9.17) is 29.2 Å². The summed E-state index contributed by atoms with van der Waals surface area (Å²) in [6.45, 7) is 10.2. The highest BCUT2D eigenvalue weighted by atomic mass is 19.1. The van der Waals surface area contributed by atoms with Crippen molar-refractivity contribution in [3.05, 3.63) is 6.33 Å². The van der Waals surface area contributed by atoms with E-state index in [2.05, 4.69) is 14.4 Å². The number of fused-ring (bicyclic) bond motifs is 4. The van der Waals surface area contributed by atoms with Crippen LogP contribution in [0.5, 0.6) is 6.01 Å². The molecule has 4 atom stereocenters. The van der Waals surface area contributed by atoms with Gasteiger partial charge in [-0.05, 0) is 65.8 Å². The van der Waals surface area contributed by atoms with E-state index >= 15 is 0 Å². The first-order chi connectivity index (χ1) is 19.7. The number of imidazole rings is 1. The largest absolute Gasteiger partial charge is 0.461 e. The van der Waals surface area contributed by atoms with Crippen LogP contribution in [0.4, 0.5) is 15.0 Å². The first-order valence-corrected chi connectivity index (χ1v) is 15.3. The third-order valence-electron chi connectivity index (χ3n) is 9.59. The summed E-state index contributed by atoms with van der Waals surface area (Å²) in [6.07, 6.45) is 6.97. The van der Waals surface area contributed by atoms with Crippen molar-refractivity contribution in [2.75, 3.05) is 50.9 Å². The summed E-state index contributed by atoms with van der Waals surface area (Å²) >= 11 is 0. The number of carbonyl (C=O) groups is 1. The Morgan fingerprint density at radius 2 is 1.85 bits per heavy atom. The number of piperazine rings is 1. The van der Waals surface area contributed by atoms with E-state index in [1.165, 1.54) is 0 Å². The molecule has 7 heterocycles. The van der Waals surface area contributed by atoms with Gasteiger partial charge < -0.3 is 23.7 Å². The van der Waals surface area contributed by atoms with Crippen LogP contribution in [0.2, 0.25) is 0 Å². The van der Waals surface area contributed by atoms with E-state index in [-0.39, 0.29) is 35.8 Å². The van der Waals surface area contributed by atoms with E-state index in [1.807, 2.05) is 32.0 Å². The van der Waals surface area contributed by atoms with Crippen LogP contribution < -0.4 is 9.64 Å². The van der Waals surface area contributed by atoms with Gasteiger partial charge in [-0.2, -0.15) is 9.97 Å². The molecule has 2 aromatic heterocycles. The summed E-state index contributed by atoms with van der Waals surface area (Å²) in [5.74, 6) is 0.797. The summed E-state index contributed by atoms with van der Waals surface area (Å²) in [5, 5.41) is 0. The highest BCUT2D eigenvalue weighted by molar-refractivity contribution is 5.85. The Labute approximate surface area is 240 Å². The van der Waals surface area contributed by atoms with E-state index in [9.17, 15) is 9.18 Å². The number of ether oxygens (including phenoxy) is 3. The maximum atomic E-state index is 14.4. The molecule has 0 aromatic carbocycles. The monoisotopic (exact) mass is 571 g/mol. The number of anilines is 1. The molecule has 12 heteroatoms. The van der Waals surface area contributed by atoms with Crippen LogP contribution in [0.3, 0.4) is 0 Å². The molecule has 5 aliphatic heterocycles. The predicted molar refractivity (Wildman–Crippen MR) is 150 cm³/mol. The van der Waals surface area contributed by atoms with Crippen molar-refractivity contribution in [2.24, 2.45) is 0 Å². The lowest BCUT2D eigenvalue weighted by Crippen LogP contribution is -2.57. The van der Waals surface area contributed by atoms with Gasteiger partial charge in [0.05, 0.1) is 23.9 Å². The standard InChI is InChI=1S/C29H42FN7O4/c1-28(2,3)41-27(38)37-21-5-6-22(37)16-34(15-21)25-23-24(31-18-36(23)20-7-11-39-12-8-20)32-26(33-25)40-17-29-9-4-10-35(29)14-19(30)13-29/h18-22H,4-17H2,1-3H3/t19-,21?,22?,29+/m1/s1. The molecule has 1 amide bonds. The van der Waals surface area contributed by atoms with Gasteiger partial charge in [-0.15, -0.1) is 0 Å². The smallest absolute Gasteiger partial charge is 0.410 e. The number of aromatic nitrogens is 4. The molecule has 7 rings (SSSR count). The number of amides is 1. The Kier molecular flexibility index (Phi) is 6.76. The quantitative estimate of drug-likeness (QED) is 0.532. The van der Waals surface area contributed by atoms with Crippen LogP contribution in [0.1, 0.15) is 71.8 Å². The molecule has 11 nitrogen and oxygen atoms in total. The highest BCUT2D eigenvalue weighted by Gasteiger charge is 2.50. The fourth-order valence-corrected chi connectivity index (χ4v) is 7.77. The predicted octanol–water partition coefficient (Wildman–Crippen LogP) is 3.72. The highest BCUT2D eigenvalue weighted by Crippen LogP contribution is 2.41. The minimum Gasteiger partial charge on any atom is -0.461 e. The molecular weight excluding hydrogens is 529 g/mol. The number of hydrogen-bond acceptors (Lipinski definition) is 9. The summed E-state index contributed by atoms with van der Waals surface area (Å²) in [7, 11) is 0. The lowest BCUT2D eigenvalue weighted by Gasteiger charge is -2.42. The lowest BCUT2D eigenvalue weighted by molar-refractivity contribution is 0.0122. The van der Waals surface area contributed by atoms with Crippen LogP contribution in [-0.4, -0.2) is 111 Å². The van der Waals surface area contributed by atoms with Crippen molar-refractivity contribution < 1.29 is 23.4 Å². The number of alkyl halides is 1. The Hall–Kier alpha value is -2.73. The number of carbonyl (C=O) groups excluding carboxylic acids is 1. The van der Waals surface area contributed by atoms with Crippen molar-refractivity contribution in [2.45, 2.75) is 101 Å². The molecule has 224 valence electrons. The first kappa shape index (κ1) is 27.1. The molecule has 0 aliphatic carbocycles. The van der Waals surface area contributed by atoms with Crippen LogP contribution in [0.25, 0.3) is 11.2 Å². The fourth-order valence-electron chi connectivity index (χ4n) is 7.77. The van der Waals surface area contributed by atoms with Gasteiger partial charge in [0.1, 0.15) is 23.9 Å². The van der Waals surface area contributed by atoms with Gasteiger partial charge in [-0.3, -0.25) is 9.80 Å². The number of rotatable bonds is 5. The summed E-state index contributed by atoms with van der Waals surface area (Å²) < 4.78 is 34.3. The topological polar surface area (TPSA) is 98.1 Å². The first-order valence-electron chi connectivity index (χ1n) is 15.3. The third kappa shape index (κ3) is 5.00. The van der Waals surface area contributed by atoms with Crippen molar-refractivity contribution in [1.29, 1.82) is 0 Å². The molecule has 2 aromatic rings. The van der Waals surface area contributed by atoms with Gasteiger partial charge >= 0.3 is 12.1 Å². The molecule has 5 saturated heterocycles. The van der Waals surface area contributed by atoms with Crippen LogP contribution in [0, 0.1) is 0 Å². The van der Waals surface area contributed by atoms with E-state index < -0.39 is 11.8 Å². The zero-order valence-corrected chi connectivity index (χ0v) is 24.4. The van der Waals surface area contributed by atoms with E-state index in [0.29, 0.717) is 51.5 Å². The molecule has 0 N–H and O–H groups in total. The van der Waals surface area contributed by atoms with Crippen LogP contribution in [0.15, 0.2) is 6.33 Å². The molecule has 0 saturated carbocycles. The second-order valence-electron chi connectivity index (χ2n) is 13.5. The van der Waals surface area contributed by atoms with Crippen molar-refractivity contribution >= 4 is 23.1 Å². The van der Waals surface area contributed by atoms with E-state index in [1.54, 1.807) is 0 Å². The molecular formula is C29H42FN7O4. The van der Waals surface area contributed by atoms with Gasteiger partial charge in [-0.25, -0.2) is 14.2 Å². The van der Waals surface area contributed by atoms with Crippen molar-refractivity contribution in [3.8, 4) is 6.01 Å². The fraction of sp³-hybridized carbons (Fsp3) is 0.793. The maximum Gasteiger partial charge on any atom is 0.410 e. The summed E-state index contributed by atoms with van der Waals surface area (Å²) in [4.78, 5) is 34.1. The molecule has 0 radical (unpaired) electrons. The molecule has 0 spiro atoms. The van der Waals surface area contributed by atoms with Crippen LogP contribution in [-0.2, 0) is 9.47 Å². The second-order valence-corrected chi connectivity index (χ2v) is 13.5. The zero-order valence-electron chi connectivity index (χ0n) is 24.4. The zero-order chi connectivity index (χ0) is 28.4. The Morgan fingerprint density at radius 1 is 1.10 bits per heavy atom. The molecule has 41 heavy (non-hydrogen) atoms. The van der Waals surface area contributed by atoms with Gasteiger partial charge in [-0.1, -0.05) is 0 Å². The average molecular weight is 572 g/mol. The Bertz CT molecular complexity index is 1280. The normalized spacial score (nSPS) is 30.8.